The Morgan fingerprint density at radius 3 is 1.88 bits per heavy atom. The second kappa shape index (κ2) is 9.49. The Hall–Kier alpha value is -4.52. The van der Waals surface area contributed by atoms with E-state index in [1.807, 2.05) is 0 Å². The number of rotatable bonds is 3. The first-order chi connectivity index (χ1) is 21.2. The number of imidazole rings is 1. The van der Waals surface area contributed by atoms with Crippen molar-refractivity contribution in [2.24, 2.45) is 0 Å². The summed E-state index contributed by atoms with van der Waals surface area (Å²) in [6, 6.07) is 55.4. The summed E-state index contributed by atoms with van der Waals surface area (Å²) in [5, 5.41) is 12.7. The van der Waals surface area contributed by atoms with E-state index in [1.165, 1.54) is 59.1 Å². The third-order valence-corrected chi connectivity index (χ3v) is 15.8. The van der Waals surface area contributed by atoms with Gasteiger partial charge in [0.15, 0.2) is 0 Å². The first-order valence-electron chi connectivity index (χ1n) is 14.5. The van der Waals surface area contributed by atoms with Gasteiger partial charge >= 0.3 is 257 Å². The summed E-state index contributed by atoms with van der Waals surface area (Å²) in [6.45, 7) is 0. The zero-order chi connectivity index (χ0) is 28.5. The normalized spacial score (nSPS) is 13.4. The Morgan fingerprint density at radius 2 is 1.05 bits per heavy atom. The van der Waals surface area contributed by atoms with Crippen molar-refractivity contribution in [1.29, 1.82) is 0 Å². The van der Waals surface area contributed by atoms with Gasteiger partial charge in [-0.05, 0) is 0 Å². The molecule has 4 heteroatoms. The van der Waals surface area contributed by atoms with Gasteiger partial charge in [-0.25, -0.2) is 0 Å². The molecule has 1 atom stereocenters. The molecular weight excluding hydrogens is 606 g/mol. The van der Waals surface area contributed by atoms with Crippen molar-refractivity contribution in [3.05, 3.63) is 152 Å². The van der Waals surface area contributed by atoms with E-state index in [2.05, 4.69) is 171 Å². The molecule has 0 aliphatic rings. The van der Waals surface area contributed by atoms with Crippen molar-refractivity contribution in [1.82, 2.24) is 9.38 Å². The number of benzene rings is 7. The van der Waals surface area contributed by atoms with Crippen LogP contribution in [0.1, 0.15) is 0 Å². The summed E-state index contributed by atoms with van der Waals surface area (Å²) in [6.07, 6.45) is 0. The Bertz CT molecular complexity index is 2600. The molecule has 7 aromatic carbocycles. The van der Waals surface area contributed by atoms with Crippen LogP contribution in [-0.2, 0) is 0 Å². The van der Waals surface area contributed by atoms with Gasteiger partial charge in [0.1, 0.15) is 0 Å². The van der Waals surface area contributed by atoms with Gasteiger partial charge in [-0.3, -0.25) is 0 Å². The average molecular weight is 632 g/mol. The number of hydrogen-bond acceptors (Lipinski definition) is 1. The zero-order valence-electron chi connectivity index (χ0n) is 23.2. The summed E-state index contributed by atoms with van der Waals surface area (Å²) in [5.41, 5.74) is 2.18. The van der Waals surface area contributed by atoms with E-state index in [0.29, 0.717) is 0 Å². The fraction of sp³-hybridized carbons (Fsp3) is 0. The Kier molecular flexibility index (Phi) is 5.52. The van der Waals surface area contributed by atoms with Crippen molar-refractivity contribution in [2.45, 2.75) is 0 Å². The summed E-state index contributed by atoms with van der Waals surface area (Å²) in [4.78, 5) is 5.20. The molecule has 0 radical (unpaired) electrons. The van der Waals surface area contributed by atoms with Gasteiger partial charge in [0.2, 0.25) is 0 Å². The first-order valence-corrected chi connectivity index (χ1v) is 18.5. The summed E-state index contributed by atoms with van der Waals surface area (Å²) < 4.78 is 2.36. The second-order valence-electron chi connectivity index (χ2n) is 11.1. The molecule has 9 aromatic rings. The van der Waals surface area contributed by atoms with Crippen molar-refractivity contribution >= 4 is 96.4 Å². The van der Waals surface area contributed by atoms with Crippen LogP contribution < -0.4 is 15.9 Å². The molecular formula is C39H25N2PSe. The van der Waals surface area contributed by atoms with Crippen LogP contribution in [0.3, 0.4) is 0 Å². The molecule has 0 fully saturated rings. The van der Waals surface area contributed by atoms with Gasteiger partial charge in [-0.15, -0.1) is 0 Å². The van der Waals surface area contributed by atoms with E-state index in [4.69, 9.17) is 4.98 Å². The van der Waals surface area contributed by atoms with E-state index < -0.39 is 5.51 Å². The molecule has 0 bridgehead atoms. The predicted octanol–water partition coefficient (Wildman–Crippen LogP) is 8.48. The predicted molar refractivity (Wildman–Crippen MR) is 187 cm³/mol. The number of aromatic nitrogens is 2. The fourth-order valence-corrected chi connectivity index (χ4v) is 11.6. The Balaban J connectivity index is 1.38. The molecule has 2 aromatic heterocycles. The van der Waals surface area contributed by atoms with Crippen LogP contribution in [0.15, 0.2) is 152 Å². The van der Waals surface area contributed by atoms with Crippen molar-refractivity contribution in [3.63, 3.8) is 0 Å². The van der Waals surface area contributed by atoms with Crippen LogP contribution >= 0.6 is 5.51 Å². The minimum absolute atomic E-state index is 1.00. The molecule has 43 heavy (non-hydrogen) atoms. The van der Waals surface area contributed by atoms with Gasteiger partial charge in [-0.2, -0.15) is 0 Å². The van der Waals surface area contributed by atoms with E-state index >= 15 is 0 Å². The number of hydrogen-bond donors (Lipinski definition) is 0. The van der Waals surface area contributed by atoms with Crippen LogP contribution in [0.5, 0.6) is 0 Å². The first kappa shape index (κ1) is 25.0. The molecule has 0 aliphatic carbocycles. The fourth-order valence-electron chi connectivity index (χ4n) is 6.76. The Morgan fingerprint density at radius 1 is 0.442 bits per heavy atom. The van der Waals surface area contributed by atoms with Crippen LogP contribution in [0.4, 0.5) is 0 Å². The zero-order valence-corrected chi connectivity index (χ0v) is 25.8. The summed E-state index contributed by atoms with van der Waals surface area (Å²) in [5.74, 6) is 0. The SMILES string of the molecule is [Se]=P(c1ccccc1)(c1ccc2ccc3ccccc3c2c1)c1ccc2nc3c4ccccc4c4ccccc4n3c2c1. The van der Waals surface area contributed by atoms with Crippen molar-refractivity contribution in [2.75, 3.05) is 0 Å². The quantitative estimate of drug-likeness (QED) is 0.109. The van der Waals surface area contributed by atoms with Crippen LogP contribution in [0.2, 0.25) is 0 Å². The van der Waals surface area contributed by atoms with Gasteiger partial charge in [0, 0.05) is 0 Å². The molecule has 0 saturated carbocycles. The molecule has 0 spiro atoms. The van der Waals surface area contributed by atoms with E-state index in [1.54, 1.807) is 0 Å². The van der Waals surface area contributed by atoms with Crippen LogP contribution in [-0.4, -0.2) is 24.5 Å². The molecule has 0 aliphatic heterocycles. The number of fused-ring (bicyclic) bond motifs is 11. The van der Waals surface area contributed by atoms with Crippen LogP contribution in [0.25, 0.3) is 59.9 Å². The van der Waals surface area contributed by atoms with E-state index in [9.17, 15) is 0 Å². The van der Waals surface area contributed by atoms with Gasteiger partial charge < -0.3 is 0 Å². The maximum atomic E-state index is 5.20. The molecule has 0 N–H and O–H groups in total. The standard InChI is InChI=1S/C39H25N2PSe/c43-42(28-11-2-1-3-12-28,29-21-20-27-19-18-26-10-4-5-13-31(26)35(27)24-29)30-22-23-36-38(25-30)41-37-17-9-8-15-33(37)32-14-6-7-16-34(32)39(41)40-36/h1-25H. The van der Waals surface area contributed by atoms with Crippen LogP contribution in [0, 0.1) is 0 Å². The molecule has 2 nitrogen and oxygen atoms in total. The third kappa shape index (κ3) is 3.66. The van der Waals surface area contributed by atoms with Gasteiger partial charge in [0.05, 0.1) is 0 Å². The second-order valence-corrected chi connectivity index (χ2v) is 17.4. The average Bonchev–Trinajstić information content (AvgIpc) is 3.48. The molecule has 2 heterocycles. The molecule has 1 unspecified atom stereocenters. The number of pyridine rings is 1. The molecule has 202 valence electrons. The topological polar surface area (TPSA) is 17.3 Å². The monoisotopic (exact) mass is 632 g/mol. The molecule has 0 amide bonds. The molecule has 9 rings (SSSR count). The number of para-hydroxylation sites is 1. The molecule has 0 saturated heterocycles. The van der Waals surface area contributed by atoms with Gasteiger partial charge in [-0.1, -0.05) is 0 Å². The van der Waals surface area contributed by atoms with E-state index in [-0.39, 0.29) is 0 Å². The van der Waals surface area contributed by atoms with Gasteiger partial charge in [0.25, 0.3) is 0 Å². The van der Waals surface area contributed by atoms with Crippen molar-refractivity contribution in [3.8, 4) is 0 Å². The number of nitrogens with zero attached hydrogens (tertiary/aromatic N) is 2. The maximum absolute atomic E-state index is 5.20. The third-order valence-electron chi connectivity index (χ3n) is 8.82. The van der Waals surface area contributed by atoms with Crippen molar-refractivity contribution < 1.29 is 0 Å². The minimum atomic E-state index is -2.14. The summed E-state index contributed by atoms with van der Waals surface area (Å²) in [7, 11) is 0. The van der Waals surface area contributed by atoms with E-state index in [0.717, 1.165) is 16.7 Å². The Labute approximate surface area is 256 Å². The summed E-state index contributed by atoms with van der Waals surface area (Å²) >= 11 is 3.81.